The molecule has 0 spiro atoms. The maximum absolute atomic E-state index is 10.5. The monoisotopic (exact) mass is 268 g/mol. The average molecular weight is 268 g/mol. The van der Waals surface area contributed by atoms with Crippen LogP contribution >= 0.6 is 11.5 Å². The van der Waals surface area contributed by atoms with Gasteiger partial charge in [0.1, 0.15) is 11.8 Å². The number of methoxy groups -OCH3 is 1. The second kappa shape index (κ2) is 5.45. The molecule has 2 aromatic heterocycles. The van der Waals surface area contributed by atoms with Gasteiger partial charge in [0.25, 0.3) is 0 Å². The van der Waals surface area contributed by atoms with Gasteiger partial charge >= 0.3 is 0 Å². The lowest BCUT2D eigenvalue weighted by Gasteiger charge is -2.12. The number of aliphatic hydroxyl groups is 1. The SMILES string of the molecule is CCCc1nnsc1C(O)c1c(OC)cnn1C. The van der Waals surface area contributed by atoms with E-state index in [1.807, 2.05) is 0 Å². The van der Waals surface area contributed by atoms with Gasteiger partial charge in [0.2, 0.25) is 0 Å². The molecule has 0 bridgehead atoms. The molecule has 0 fully saturated rings. The number of nitrogens with zero attached hydrogens (tertiary/aromatic N) is 4. The van der Waals surface area contributed by atoms with Crippen molar-refractivity contribution in [3.63, 3.8) is 0 Å². The van der Waals surface area contributed by atoms with Crippen molar-refractivity contribution in [1.82, 2.24) is 19.4 Å². The lowest BCUT2D eigenvalue weighted by atomic mass is 10.1. The molecular formula is C11H16N4O2S. The van der Waals surface area contributed by atoms with E-state index in [2.05, 4.69) is 21.6 Å². The molecule has 98 valence electrons. The van der Waals surface area contributed by atoms with Gasteiger partial charge in [0, 0.05) is 7.05 Å². The zero-order valence-corrected chi connectivity index (χ0v) is 11.4. The summed E-state index contributed by atoms with van der Waals surface area (Å²) in [5, 5.41) is 18.6. The van der Waals surface area contributed by atoms with Crippen LogP contribution in [0.15, 0.2) is 6.20 Å². The van der Waals surface area contributed by atoms with Crippen molar-refractivity contribution in [2.24, 2.45) is 7.05 Å². The molecule has 6 nitrogen and oxygen atoms in total. The topological polar surface area (TPSA) is 73.1 Å². The molecule has 2 rings (SSSR count). The van der Waals surface area contributed by atoms with Crippen LogP contribution in [0.25, 0.3) is 0 Å². The smallest absolute Gasteiger partial charge is 0.163 e. The molecule has 0 aliphatic carbocycles. The molecule has 1 unspecified atom stereocenters. The fourth-order valence-corrected chi connectivity index (χ4v) is 2.54. The van der Waals surface area contributed by atoms with E-state index in [1.54, 1.807) is 25.0 Å². The van der Waals surface area contributed by atoms with Crippen molar-refractivity contribution in [3.8, 4) is 5.75 Å². The van der Waals surface area contributed by atoms with E-state index in [4.69, 9.17) is 4.74 Å². The number of aryl methyl sites for hydroxylation is 2. The fourth-order valence-electron chi connectivity index (χ4n) is 1.85. The number of hydrogen-bond donors (Lipinski definition) is 1. The van der Waals surface area contributed by atoms with E-state index >= 15 is 0 Å². The van der Waals surface area contributed by atoms with Crippen molar-refractivity contribution in [1.29, 1.82) is 0 Å². The normalized spacial score (nSPS) is 12.7. The van der Waals surface area contributed by atoms with E-state index in [1.165, 1.54) is 11.5 Å². The van der Waals surface area contributed by atoms with Crippen molar-refractivity contribution < 1.29 is 9.84 Å². The maximum Gasteiger partial charge on any atom is 0.163 e. The van der Waals surface area contributed by atoms with Gasteiger partial charge in [0.05, 0.1) is 23.9 Å². The van der Waals surface area contributed by atoms with Crippen LogP contribution in [0, 0.1) is 0 Å². The van der Waals surface area contributed by atoms with Crippen LogP contribution in [0.3, 0.4) is 0 Å². The molecule has 0 amide bonds. The number of aliphatic hydroxyl groups excluding tert-OH is 1. The molecule has 0 saturated carbocycles. The zero-order valence-electron chi connectivity index (χ0n) is 10.6. The summed E-state index contributed by atoms with van der Waals surface area (Å²) in [7, 11) is 3.33. The Morgan fingerprint density at radius 3 is 3.00 bits per heavy atom. The van der Waals surface area contributed by atoms with Crippen LogP contribution < -0.4 is 4.74 Å². The Morgan fingerprint density at radius 2 is 2.33 bits per heavy atom. The van der Waals surface area contributed by atoms with Gasteiger partial charge in [-0.2, -0.15) is 5.10 Å². The number of ether oxygens (including phenoxy) is 1. The predicted molar refractivity (Wildman–Crippen MR) is 67.7 cm³/mol. The van der Waals surface area contributed by atoms with E-state index in [0.717, 1.165) is 23.4 Å². The molecule has 0 saturated heterocycles. The molecule has 7 heteroatoms. The summed E-state index contributed by atoms with van der Waals surface area (Å²) in [4.78, 5) is 0.763. The Kier molecular flexibility index (Phi) is 3.93. The van der Waals surface area contributed by atoms with Crippen molar-refractivity contribution in [2.45, 2.75) is 25.9 Å². The minimum absolute atomic E-state index is 0.570. The van der Waals surface area contributed by atoms with Crippen LogP contribution in [-0.4, -0.2) is 31.6 Å². The average Bonchev–Trinajstić information content (AvgIpc) is 2.95. The van der Waals surface area contributed by atoms with Crippen LogP contribution in [0.5, 0.6) is 5.75 Å². The Balaban J connectivity index is 2.38. The quantitative estimate of drug-likeness (QED) is 0.885. The van der Waals surface area contributed by atoms with Crippen LogP contribution in [0.4, 0.5) is 0 Å². The summed E-state index contributed by atoms with van der Waals surface area (Å²) < 4.78 is 10.7. The second-order valence-corrected chi connectivity index (χ2v) is 4.74. The van der Waals surface area contributed by atoms with E-state index in [0.29, 0.717) is 11.4 Å². The summed E-state index contributed by atoms with van der Waals surface area (Å²) >= 11 is 1.22. The van der Waals surface area contributed by atoms with Crippen molar-refractivity contribution in [2.75, 3.05) is 7.11 Å². The van der Waals surface area contributed by atoms with Gasteiger partial charge in [-0.25, -0.2) is 0 Å². The molecule has 0 aliphatic rings. The minimum atomic E-state index is -0.797. The third-order valence-corrected chi connectivity index (χ3v) is 3.57. The largest absolute Gasteiger partial charge is 0.493 e. The van der Waals surface area contributed by atoms with Gasteiger partial charge in [-0.05, 0) is 18.0 Å². The van der Waals surface area contributed by atoms with E-state index in [9.17, 15) is 5.11 Å². The summed E-state index contributed by atoms with van der Waals surface area (Å²) in [5.74, 6) is 0.570. The highest BCUT2D eigenvalue weighted by molar-refractivity contribution is 7.05. The second-order valence-electron chi connectivity index (χ2n) is 3.96. The summed E-state index contributed by atoms with van der Waals surface area (Å²) in [6.45, 7) is 2.07. The lowest BCUT2D eigenvalue weighted by molar-refractivity contribution is 0.206. The minimum Gasteiger partial charge on any atom is -0.493 e. The Bertz CT molecular complexity index is 523. The Morgan fingerprint density at radius 1 is 1.56 bits per heavy atom. The number of rotatable bonds is 5. The van der Waals surface area contributed by atoms with Gasteiger partial charge in [0.15, 0.2) is 5.75 Å². The Labute approximate surface area is 109 Å². The first-order valence-corrected chi connectivity index (χ1v) is 6.51. The third kappa shape index (κ3) is 2.23. The predicted octanol–water partition coefficient (Wildman–Crippen LogP) is 1.31. The lowest BCUT2D eigenvalue weighted by Crippen LogP contribution is -2.08. The van der Waals surface area contributed by atoms with Gasteiger partial charge in [-0.15, -0.1) is 5.10 Å². The first-order valence-electron chi connectivity index (χ1n) is 5.74. The third-order valence-electron chi connectivity index (χ3n) is 2.75. The highest BCUT2D eigenvalue weighted by Gasteiger charge is 2.24. The van der Waals surface area contributed by atoms with Crippen LogP contribution in [-0.2, 0) is 13.5 Å². The molecule has 2 heterocycles. The Hall–Kier alpha value is -1.47. The first kappa shape index (κ1) is 13.0. The fraction of sp³-hybridized carbons (Fsp3) is 0.545. The molecule has 1 atom stereocenters. The molecule has 18 heavy (non-hydrogen) atoms. The number of aromatic nitrogens is 4. The van der Waals surface area contributed by atoms with E-state index in [-0.39, 0.29) is 0 Å². The highest BCUT2D eigenvalue weighted by Crippen LogP contribution is 2.32. The molecule has 1 N–H and O–H groups in total. The molecule has 0 aliphatic heterocycles. The first-order chi connectivity index (χ1) is 8.69. The molecular weight excluding hydrogens is 252 g/mol. The molecule has 0 aromatic carbocycles. The standard InChI is InChI=1S/C11H16N4O2S/c1-4-5-7-11(18-14-13-7)10(16)9-8(17-3)6-12-15(9)2/h6,10,16H,4-5H2,1-3H3. The van der Waals surface area contributed by atoms with Crippen molar-refractivity contribution in [3.05, 3.63) is 22.5 Å². The van der Waals surface area contributed by atoms with Crippen LogP contribution in [0.1, 0.15) is 35.7 Å². The van der Waals surface area contributed by atoms with Gasteiger partial charge in [-0.3, -0.25) is 4.68 Å². The van der Waals surface area contributed by atoms with Gasteiger partial charge < -0.3 is 9.84 Å². The summed E-state index contributed by atoms with van der Waals surface area (Å²) in [6.07, 6.45) is 2.57. The highest BCUT2D eigenvalue weighted by atomic mass is 32.1. The van der Waals surface area contributed by atoms with Gasteiger partial charge in [-0.1, -0.05) is 17.8 Å². The summed E-state index contributed by atoms with van der Waals surface area (Å²) in [6, 6.07) is 0. The van der Waals surface area contributed by atoms with E-state index < -0.39 is 6.10 Å². The number of hydrogen-bond acceptors (Lipinski definition) is 6. The molecule has 0 radical (unpaired) electrons. The van der Waals surface area contributed by atoms with Crippen LogP contribution in [0.2, 0.25) is 0 Å². The van der Waals surface area contributed by atoms with Crippen molar-refractivity contribution >= 4 is 11.5 Å². The maximum atomic E-state index is 10.5. The molecule has 2 aromatic rings. The summed E-state index contributed by atoms with van der Waals surface area (Å²) in [5.41, 5.74) is 1.47. The zero-order chi connectivity index (χ0) is 13.1.